The fourth-order valence-electron chi connectivity index (χ4n) is 2.77. The topological polar surface area (TPSA) is 76.6 Å². The lowest BCUT2D eigenvalue weighted by atomic mass is 9.96. The first-order valence-corrected chi connectivity index (χ1v) is 7.58. The maximum Gasteiger partial charge on any atom is 0.275 e. The first kappa shape index (κ1) is 15.5. The van der Waals surface area contributed by atoms with Crippen molar-refractivity contribution in [2.75, 3.05) is 26.2 Å². The molecule has 0 aromatic heterocycles. The summed E-state index contributed by atoms with van der Waals surface area (Å²) in [6.45, 7) is 2.85. The minimum Gasteiger partial charge on any atom is -0.369 e. The molecule has 1 heterocycles. The lowest BCUT2D eigenvalue weighted by Gasteiger charge is -2.27. The molecule has 0 saturated carbocycles. The molecule has 5 nitrogen and oxygen atoms in total. The molecule has 1 fully saturated rings. The third-order valence-electron chi connectivity index (χ3n) is 4.08. The molecule has 0 atom stereocenters. The van der Waals surface area contributed by atoms with Gasteiger partial charge in [-0.2, -0.15) is 0 Å². The van der Waals surface area contributed by atoms with Crippen LogP contribution in [0.5, 0.6) is 0 Å². The Kier molecular flexibility index (Phi) is 5.75. The number of carbonyl (C=O) groups is 2. The monoisotopic (exact) mass is 290 g/mol. The predicted molar refractivity (Wildman–Crippen MR) is 80.6 cm³/mol. The van der Waals surface area contributed by atoms with Crippen molar-refractivity contribution in [1.82, 2.24) is 5.32 Å². The summed E-state index contributed by atoms with van der Waals surface area (Å²) in [5.41, 5.74) is 6.54. The van der Waals surface area contributed by atoms with Gasteiger partial charge in [0, 0.05) is 25.3 Å². The zero-order valence-electron chi connectivity index (χ0n) is 12.3. The van der Waals surface area contributed by atoms with Gasteiger partial charge in [0.05, 0.1) is 13.1 Å². The second-order valence-electron chi connectivity index (χ2n) is 5.69. The average Bonchev–Trinajstić information content (AvgIpc) is 2.49. The highest BCUT2D eigenvalue weighted by Gasteiger charge is 2.26. The number of nitrogens with one attached hydrogen (secondary N) is 2. The summed E-state index contributed by atoms with van der Waals surface area (Å²) < 4.78 is 0. The van der Waals surface area contributed by atoms with Gasteiger partial charge in [0.15, 0.2) is 6.54 Å². The summed E-state index contributed by atoms with van der Waals surface area (Å²) in [7, 11) is 0. The number of piperidine rings is 1. The van der Waals surface area contributed by atoms with E-state index in [1.807, 2.05) is 18.2 Å². The molecule has 0 radical (unpaired) electrons. The van der Waals surface area contributed by atoms with E-state index in [4.69, 9.17) is 5.73 Å². The lowest BCUT2D eigenvalue weighted by molar-refractivity contribution is -0.897. The van der Waals surface area contributed by atoms with Crippen molar-refractivity contribution in [3.05, 3.63) is 35.9 Å². The van der Waals surface area contributed by atoms with Crippen molar-refractivity contribution >= 4 is 11.8 Å². The fraction of sp³-hybridized carbons (Fsp3) is 0.500. The summed E-state index contributed by atoms with van der Waals surface area (Å²) >= 11 is 0. The summed E-state index contributed by atoms with van der Waals surface area (Å²) in [6, 6.07) is 10.1. The molecule has 2 amide bonds. The molecule has 0 unspecified atom stereocenters. The normalized spacial score (nSPS) is 21.7. The van der Waals surface area contributed by atoms with Crippen LogP contribution in [0.2, 0.25) is 0 Å². The van der Waals surface area contributed by atoms with Gasteiger partial charge in [-0.15, -0.1) is 0 Å². The van der Waals surface area contributed by atoms with Crippen LogP contribution in [-0.4, -0.2) is 38.0 Å². The SMILES string of the molecule is NC(=O)C1CC[NH+](CC(=O)NCCc2ccccc2)CC1. The first-order chi connectivity index (χ1) is 10.1. The quantitative estimate of drug-likeness (QED) is 0.637. The van der Waals surface area contributed by atoms with Gasteiger partial charge in [-0.05, 0) is 12.0 Å². The van der Waals surface area contributed by atoms with Crippen LogP contribution in [0.15, 0.2) is 30.3 Å². The summed E-state index contributed by atoms with van der Waals surface area (Å²) in [5, 5.41) is 2.96. The number of nitrogens with two attached hydrogens (primary N) is 1. The van der Waals surface area contributed by atoms with Gasteiger partial charge in [0.2, 0.25) is 5.91 Å². The van der Waals surface area contributed by atoms with Gasteiger partial charge in [-0.3, -0.25) is 9.59 Å². The Morgan fingerprint density at radius 3 is 2.48 bits per heavy atom. The van der Waals surface area contributed by atoms with E-state index in [1.165, 1.54) is 10.5 Å². The summed E-state index contributed by atoms with van der Waals surface area (Å²) in [6.07, 6.45) is 2.44. The molecule has 1 aromatic rings. The zero-order valence-corrected chi connectivity index (χ0v) is 12.3. The van der Waals surface area contributed by atoms with Crippen molar-refractivity contribution in [1.29, 1.82) is 0 Å². The Bertz CT molecular complexity index is 468. The van der Waals surface area contributed by atoms with Crippen LogP contribution >= 0.6 is 0 Å². The van der Waals surface area contributed by atoms with E-state index in [0.29, 0.717) is 13.1 Å². The largest absolute Gasteiger partial charge is 0.369 e. The van der Waals surface area contributed by atoms with Crippen molar-refractivity contribution in [3.8, 4) is 0 Å². The minimum absolute atomic E-state index is 0.00473. The van der Waals surface area contributed by atoms with Crippen molar-refractivity contribution in [3.63, 3.8) is 0 Å². The molecule has 1 saturated heterocycles. The molecule has 1 aliphatic heterocycles. The maximum atomic E-state index is 11.9. The van der Waals surface area contributed by atoms with E-state index in [-0.39, 0.29) is 17.7 Å². The standard InChI is InChI=1S/C16H23N3O2/c17-16(21)14-7-10-19(11-8-14)12-15(20)18-9-6-13-4-2-1-3-5-13/h1-5,14H,6-12H2,(H2,17,21)(H,18,20)/p+1. The Labute approximate surface area is 125 Å². The van der Waals surface area contributed by atoms with Gasteiger partial charge >= 0.3 is 0 Å². The minimum atomic E-state index is -0.207. The number of carbonyl (C=O) groups excluding carboxylic acids is 2. The number of hydrogen-bond donors (Lipinski definition) is 3. The van der Waals surface area contributed by atoms with Crippen molar-refractivity contribution in [2.45, 2.75) is 19.3 Å². The summed E-state index contributed by atoms with van der Waals surface area (Å²) in [4.78, 5) is 24.2. The highest BCUT2D eigenvalue weighted by molar-refractivity contribution is 5.77. The van der Waals surface area contributed by atoms with Gasteiger partial charge in [0.1, 0.15) is 0 Å². The van der Waals surface area contributed by atoms with Gasteiger partial charge in [-0.1, -0.05) is 30.3 Å². The molecule has 0 aliphatic carbocycles. The fourth-order valence-corrected chi connectivity index (χ4v) is 2.77. The van der Waals surface area contributed by atoms with Crippen LogP contribution in [0.1, 0.15) is 18.4 Å². The number of benzene rings is 1. The van der Waals surface area contributed by atoms with Crippen LogP contribution in [0.4, 0.5) is 0 Å². The van der Waals surface area contributed by atoms with Crippen LogP contribution in [0.3, 0.4) is 0 Å². The highest BCUT2D eigenvalue weighted by atomic mass is 16.2. The van der Waals surface area contributed by atoms with E-state index in [9.17, 15) is 9.59 Å². The van der Waals surface area contributed by atoms with Gasteiger partial charge < -0.3 is 16.0 Å². The molecule has 2 rings (SSSR count). The van der Waals surface area contributed by atoms with Gasteiger partial charge in [0.25, 0.3) is 5.91 Å². The van der Waals surface area contributed by atoms with Crippen LogP contribution in [0, 0.1) is 5.92 Å². The molecular formula is C16H24N3O2+. The van der Waals surface area contributed by atoms with E-state index < -0.39 is 0 Å². The Balaban J connectivity index is 1.63. The van der Waals surface area contributed by atoms with E-state index in [0.717, 1.165) is 32.4 Å². The smallest absolute Gasteiger partial charge is 0.275 e. The Hall–Kier alpha value is -1.88. The molecule has 5 heteroatoms. The number of hydrogen-bond acceptors (Lipinski definition) is 2. The van der Waals surface area contributed by atoms with Crippen molar-refractivity contribution < 1.29 is 14.5 Å². The molecule has 21 heavy (non-hydrogen) atoms. The Morgan fingerprint density at radius 2 is 1.86 bits per heavy atom. The second-order valence-corrected chi connectivity index (χ2v) is 5.69. The molecule has 1 aromatic carbocycles. The summed E-state index contributed by atoms with van der Waals surface area (Å²) in [5.74, 6) is -0.130. The van der Waals surface area contributed by atoms with Gasteiger partial charge in [-0.25, -0.2) is 0 Å². The van der Waals surface area contributed by atoms with E-state index >= 15 is 0 Å². The maximum absolute atomic E-state index is 11.9. The van der Waals surface area contributed by atoms with E-state index in [2.05, 4.69) is 17.4 Å². The van der Waals surface area contributed by atoms with Crippen LogP contribution in [-0.2, 0) is 16.0 Å². The molecule has 4 N–H and O–H groups in total. The zero-order chi connectivity index (χ0) is 15.1. The van der Waals surface area contributed by atoms with Crippen molar-refractivity contribution in [2.24, 2.45) is 11.7 Å². The molecule has 0 bridgehead atoms. The molecule has 0 spiro atoms. The third-order valence-corrected chi connectivity index (χ3v) is 4.08. The highest BCUT2D eigenvalue weighted by Crippen LogP contribution is 2.07. The Morgan fingerprint density at radius 1 is 1.19 bits per heavy atom. The number of amides is 2. The number of primary amides is 1. The molecule has 1 aliphatic rings. The van der Waals surface area contributed by atoms with Crippen LogP contribution in [0.25, 0.3) is 0 Å². The number of likely N-dealkylation sites (tertiary alicyclic amines) is 1. The van der Waals surface area contributed by atoms with Crippen LogP contribution < -0.4 is 16.0 Å². The van der Waals surface area contributed by atoms with E-state index in [1.54, 1.807) is 0 Å². The molecule has 114 valence electrons. The third kappa shape index (κ3) is 5.19. The number of quaternary nitrogens is 1. The second kappa shape index (κ2) is 7.78. The lowest BCUT2D eigenvalue weighted by Crippen LogP contribution is -3.14. The average molecular weight is 290 g/mol. The predicted octanol–water partition coefficient (Wildman–Crippen LogP) is -0.874. The molecular weight excluding hydrogens is 266 g/mol. The first-order valence-electron chi connectivity index (χ1n) is 7.58. The number of rotatable bonds is 6.